The molecule has 5 rings (SSSR count). The zero-order chi connectivity index (χ0) is 24.6. The Morgan fingerprint density at radius 2 is 2.03 bits per heavy atom. The molecule has 4 unspecified atom stereocenters. The predicted molar refractivity (Wildman–Crippen MR) is 136 cm³/mol. The van der Waals surface area contributed by atoms with Crippen molar-refractivity contribution in [3.8, 4) is 0 Å². The first-order valence-electron chi connectivity index (χ1n) is 12.6. The van der Waals surface area contributed by atoms with Gasteiger partial charge in [-0.25, -0.2) is 4.98 Å². The fraction of sp³-hybridized carbons (Fsp3) is 0.464. The Morgan fingerprint density at radius 1 is 1.23 bits per heavy atom. The number of nitrogens with one attached hydrogen (secondary N) is 1. The number of carbonyl (C=O) groups is 2. The number of carbonyl (C=O) groups excluding carboxylic acids is 1. The van der Waals surface area contributed by atoms with Crippen molar-refractivity contribution >= 4 is 29.1 Å². The van der Waals surface area contributed by atoms with E-state index in [2.05, 4.69) is 17.2 Å². The number of rotatable bonds is 7. The summed E-state index contributed by atoms with van der Waals surface area (Å²) in [5, 5.41) is 13.7. The van der Waals surface area contributed by atoms with E-state index in [0.717, 1.165) is 11.5 Å². The summed E-state index contributed by atoms with van der Waals surface area (Å²) >= 11 is 5.97. The van der Waals surface area contributed by atoms with Crippen LogP contribution < -0.4 is 5.32 Å². The molecule has 2 bridgehead atoms. The van der Waals surface area contributed by atoms with Crippen LogP contribution in [0.5, 0.6) is 0 Å². The van der Waals surface area contributed by atoms with Gasteiger partial charge in [-0.05, 0) is 79.2 Å². The lowest BCUT2D eigenvalue weighted by Crippen LogP contribution is -2.45. The number of nitrogens with zero attached hydrogens (tertiary/aromatic N) is 2. The number of pyridine rings is 1. The van der Waals surface area contributed by atoms with Crippen molar-refractivity contribution in [1.29, 1.82) is 0 Å². The highest BCUT2D eigenvalue weighted by Crippen LogP contribution is 2.50. The third-order valence-corrected chi connectivity index (χ3v) is 8.19. The largest absolute Gasteiger partial charge is 0.481 e. The second-order valence-electron chi connectivity index (χ2n) is 10.7. The van der Waals surface area contributed by atoms with Gasteiger partial charge in [-0.2, -0.15) is 0 Å². The molecule has 0 radical (unpaired) electrons. The van der Waals surface area contributed by atoms with Gasteiger partial charge in [0.05, 0.1) is 5.69 Å². The second-order valence-corrected chi connectivity index (χ2v) is 11.2. The molecule has 3 aromatic rings. The van der Waals surface area contributed by atoms with E-state index < -0.39 is 11.9 Å². The fourth-order valence-corrected chi connectivity index (χ4v) is 6.63. The van der Waals surface area contributed by atoms with Crippen molar-refractivity contribution in [2.75, 3.05) is 6.54 Å². The van der Waals surface area contributed by atoms with Crippen molar-refractivity contribution < 1.29 is 14.7 Å². The fourth-order valence-electron chi connectivity index (χ4n) is 6.51. The van der Waals surface area contributed by atoms with Gasteiger partial charge in [0.15, 0.2) is 0 Å². The highest BCUT2D eigenvalue weighted by atomic mass is 35.5. The Bertz CT molecular complexity index is 1230. The molecule has 1 aromatic carbocycles. The van der Waals surface area contributed by atoms with Crippen LogP contribution in [0, 0.1) is 17.3 Å². The van der Waals surface area contributed by atoms with E-state index in [1.807, 2.05) is 12.1 Å². The Hall–Kier alpha value is -2.86. The third kappa shape index (κ3) is 5.08. The first-order chi connectivity index (χ1) is 16.8. The Morgan fingerprint density at radius 3 is 2.80 bits per heavy atom. The van der Waals surface area contributed by atoms with Crippen LogP contribution >= 0.6 is 11.6 Å². The van der Waals surface area contributed by atoms with Gasteiger partial charge in [0.1, 0.15) is 17.3 Å². The first-order valence-corrected chi connectivity index (χ1v) is 12.9. The number of carboxylic acid groups (broad SMARTS) is 1. The number of halogens is 1. The SMILES string of the molecule is CC1CC2CCCC(CNC(=O)c3cccc4nc(C(Cc5ccc(Cl)cc5)C(=O)O)cn34)(C1)C2. The summed E-state index contributed by atoms with van der Waals surface area (Å²) in [6.45, 7) is 3.03. The van der Waals surface area contributed by atoms with Crippen LogP contribution in [0.3, 0.4) is 0 Å². The van der Waals surface area contributed by atoms with Gasteiger partial charge in [0.25, 0.3) is 5.91 Å². The molecule has 2 aromatic heterocycles. The molecule has 2 aliphatic carbocycles. The van der Waals surface area contributed by atoms with Gasteiger partial charge in [-0.3, -0.25) is 14.0 Å². The Balaban J connectivity index is 1.36. The number of amides is 1. The standard InChI is InChI=1S/C28H32ClN3O3/c1-18-12-20-4-3-11-28(14-18,15-20)17-30-26(33)24-5-2-6-25-31-23(16-32(24)25)22(27(34)35)13-19-7-9-21(29)10-8-19/h2,5-10,16,18,20,22H,3-4,11-15,17H2,1H3,(H,30,33)(H,34,35). The Kier molecular flexibility index (Phi) is 6.58. The number of hydrogen-bond acceptors (Lipinski definition) is 3. The molecule has 7 heteroatoms. The van der Waals surface area contributed by atoms with E-state index in [1.54, 1.807) is 40.9 Å². The molecule has 1 amide bonds. The number of carboxylic acids is 1. The topological polar surface area (TPSA) is 83.7 Å². The Labute approximate surface area is 210 Å². The van der Waals surface area contributed by atoms with Crippen molar-refractivity contribution in [3.63, 3.8) is 0 Å². The summed E-state index contributed by atoms with van der Waals surface area (Å²) in [7, 11) is 0. The van der Waals surface area contributed by atoms with Crippen LogP contribution in [0.1, 0.15) is 73.1 Å². The van der Waals surface area contributed by atoms with E-state index in [4.69, 9.17) is 11.6 Å². The van der Waals surface area contributed by atoms with Crippen LogP contribution in [-0.4, -0.2) is 32.9 Å². The van der Waals surface area contributed by atoms with Gasteiger partial charge >= 0.3 is 5.97 Å². The molecule has 2 saturated carbocycles. The van der Waals surface area contributed by atoms with Crippen LogP contribution in [0.4, 0.5) is 0 Å². The molecular weight excluding hydrogens is 462 g/mol. The van der Waals surface area contributed by atoms with Crippen molar-refractivity contribution in [2.24, 2.45) is 17.3 Å². The molecule has 2 heterocycles. The molecule has 184 valence electrons. The third-order valence-electron chi connectivity index (χ3n) is 7.93. The van der Waals surface area contributed by atoms with Gasteiger partial charge in [0.2, 0.25) is 0 Å². The molecule has 0 spiro atoms. The lowest BCUT2D eigenvalue weighted by molar-refractivity contribution is -0.138. The van der Waals surface area contributed by atoms with Gasteiger partial charge in [-0.15, -0.1) is 0 Å². The zero-order valence-corrected chi connectivity index (χ0v) is 20.8. The molecule has 35 heavy (non-hydrogen) atoms. The number of hydrogen-bond donors (Lipinski definition) is 2. The maximum Gasteiger partial charge on any atom is 0.312 e. The summed E-state index contributed by atoms with van der Waals surface area (Å²) in [5.41, 5.74) is 2.55. The minimum atomic E-state index is -0.952. The van der Waals surface area contributed by atoms with Crippen LogP contribution in [0.2, 0.25) is 5.02 Å². The average molecular weight is 494 g/mol. The van der Waals surface area contributed by atoms with Crippen molar-refractivity contribution in [2.45, 2.75) is 57.8 Å². The van der Waals surface area contributed by atoms with E-state index in [1.165, 1.54) is 38.5 Å². The van der Waals surface area contributed by atoms with Crippen molar-refractivity contribution in [3.05, 3.63) is 70.6 Å². The van der Waals surface area contributed by atoms with Gasteiger partial charge in [-0.1, -0.05) is 49.6 Å². The molecule has 2 N–H and O–H groups in total. The molecule has 0 aliphatic heterocycles. The lowest BCUT2D eigenvalue weighted by Gasteiger charge is -2.48. The second kappa shape index (κ2) is 9.65. The molecule has 6 nitrogen and oxygen atoms in total. The smallest absolute Gasteiger partial charge is 0.312 e. The predicted octanol–water partition coefficient (Wildman–Crippen LogP) is 5.73. The minimum Gasteiger partial charge on any atom is -0.481 e. The van der Waals surface area contributed by atoms with Gasteiger partial charge < -0.3 is 10.4 Å². The number of benzene rings is 1. The summed E-state index contributed by atoms with van der Waals surface area (Å²) in [4.78, 5) is 30.0. The number of aromatic nitrogens is 2. The quantitative estimate of drug-likeness (QED) is 0.440. The van der Waals surface area contributed by atoms with E-state index >= 15 is 0 Å². The lowest BCUT2D eigenvalue weighted by atomic mass is 9.59. The van der Waals surface area contributed by atoms with Crippen LogP contribution in [0.25, 0.3) is 5.65 Å². The number of fused-ring (bicyclic) bond motifs is 3. The zero-order valence-electron chi connectivity index (χ0n) is 20.0. The van der Waals surface area contributed by atoms with Crippen LogP contribution in [-0.2, 0) is 11.2 Å². The summed E-state index contributed by atoms with van der Waals surface area (Å²) in [5.74, 6) is -0.420. The summed E-state index contributed by atoms with van der Waals surface area (Å²) in [6.07, 6.45) is 9.43. The van der Waals surface area contributed by atoms with E-state index in [9.17, 15) is 14.7 Å². The summed E-state index contributed by atoms with van der Waals surface area (Å²) < 4.78 is 1.72. The minimum absolute atomic E-state index is 0.140. The molecule has 0 saturated heterocycles. The van der Waals surface area contributed by atoms with Crippen molar-refractivity contribution in [1.82, 2.24) is 14.7 Å². The highest BCUT2D eigenvalue weighted by Gasteiger charge is 2.42. The van der Waals surface area contributed by atoms with E-state index in [-0.39, 0.29) is 11.3 Å². The molecule has 4 atom stereocenters. The average Bonchev–Trinajstić information content (AvgIpc) is 3.25. The molecular formula is C28H32ClN3O3. The highest BCUT2D eigenvalue weighted by molar-refractivity contribution is 6.30. The summed E-state index contributed by atoms with van der Waals surface area (Å²) in [6, 6.07) is 12.5. The van der Waals surface area contributed by atoms with Crippen LogP contribution in [0.15, 0.2) is 48.7 Å². The number of aliphatic carboxylic acids is 1. The number of imidazole rings is 1. The van der Waals surface area contributed by atoms with Gasteiger partial charge in [0, 0.05) is 17.8 Å². The van der Waals surface area contributed by atoms with E-state index in [0.29, 0.717) is 40.9 Å². The molecule has 2 fully saturated rings. The maximum atomic E-state index is 13.3. The normalized spacial score (nSPS) is 24.7. The first kappa shape index (κ1) is 23.9. The maximum absolute atomic E-state index is 13.3. The molecule has 2 aliphatic rings. The monoisotopic (exact) mass is 493 g/mol.